The molecule has 0 radical (unpaired) electrons. The summed E-state index contributed by atoms with van der Waals surface area (Å²) in [5.74, 6) is 0.688. The molecule has 0 aliphatic carbocycles. The summed E-state index contributed by atoms with van der Waals surface area (Å²) in [6, 6.07) is 5.51. The molecule has 0 aromatic heterocycles. The molecule has 0 amide bonds. The smallest absolute Gasteiger partial charge is 0.211 e. The first-order valence-electron chi connectivity index (χ1n) is 4.09. The lowest BCUT2D eigenvalue weighted by Crippen LogP contribution is -2.21. The normalized spacial score (nSPS) is 10.3. The van der Waals surface area contributed by atoms with Gasteiger partial charge in [0.05, 0.1) is 17.8 Å². The van der Waals surface area contributed by atoms with Crippen molar-refractivity contribution in [3.63, 3.8) is 0 Å². The van der Waals surface area contributed by atoms with Crippen LogP contribution < -0.4 is 16.2 Å². The molecule has 0 aliphatic rings. The number of nitrogens with zero attached hydrogens (tertiary/aromatic N) is 2. The van der Waals surface area contributed by atoms with Crippen molar-refractivity contribution in [1.29, 1.82) is 0 Å². The number of halogens is 1. The lowest BCUT2D eigenvalue weighted by atomic mass is 10.2. The monoisotopic (exact) mass is 270 g/mol. The van der Waals surface area contributed by atoms with E-state index in [2.05, 4.69) is 26.1 Å². The predicted octanol–water partition coefficient (Wildman–Crippen LogP) is 1.06. The average Bonchev–Trinajstić information content (AvgIpc) is 2.17. The zero-order valence-electron chi connectivity index (χ0n) is 8.14. The highest BCUT2D eigenvalue weighted by atomic mass is 79.9. The molecular formula is C9H11BrN4O. The quantitative estimate of drug-likeness (QED) is 0.489. The topological polar surface area (TPSA) is 86.0 Å². The Morgan fingerprint density at radius 3 is 2.73 bits per heavy atom. The second-order valence-electron chi connectivity index (χ2n) is 2.66. The van der Waals surface area contributed by atoms with E-state index in [9.17, 15) is 0 Å². The molecule has 80 valence electrons. The van der Waals surface area contributed by atoms with Crippen molar-refractivity contribution in [2.75, 3.05) is 7.11 Å². The Kier molecular flexibility index (Phi) is 4.11. The number of hydrogen-bond donors (Lipinski definition) is 2. The first-order valence-corrected chi connectivity index (χ1v) is 4.88. The molecule has 0 saturated heterocycles. The fourth-order valence-corrected chi connectivity index (χ4v) is 1.48. The first-order chi connectivity index (χ1) is 7.13. The van der Waals surface area contributed by atoms with Gasteiger partial charge in [0.1, 0.15) is 5.75 Å². The summed E-state index contributed by atoms with van der Waals surface area (Å²) in [4.78, 5) is 0. The average molecular weight is 271 g/mol. The van der Waals surface area contributed by atoms with Crippen molar-refractivity contribution in [2.45, 2.75) is 0 Å². The van der Waals surface area contributed by atoms with Crippen LogP contribution >= 0.6 is 15.9 Å². The zero-order valence-corrected chi connectivity index (χ0v) is 9.73. The van der Waals surface area contributed by atoms with Gasteiger partial charge in [-0.05, 0) is 39.7 Å². The second kappa shape index (κ2) is 5.35. The van der Waals surface area contributed by atoms with Crippen LogP contribution in [0, 0.1) is 0 Å². The second-order valence-corrected chi connectivity index (χ2v) is 3.52. The van der Waals surface area contributed by atoms with Crippen LogP contribution in [0.4, 0.5) is 0 Å². The molecule has 0 saturated carbocycles. The third-order valence-corrected chi connectivity index (χ3v) is 2.18. The summed E-state index contributed by atoms with van der Waals surface area (Å²) in [6.07, 6.45) is 1.55. The number of nitrogens with two attached hydrogens (primary N) is 2. The molecule has 1 aromatic carbocycles. The minimum atomic E-state index is -0.0705. The zero-order chi connectivity index (χ0) is 11.3. The number of benzene rings is 1. The highest BCUT2D eigenvalue weighted by molar-refractivity contribution is 9.10. The van der Waals surface area contributed by atoms with Crippen LogP contribution in [0.5, 0.6) is 5.75 Å². The minimum absolute atomic E-state index is 0.0705. The SMILES string of the molecule is COc1ccc(C=NN=C(N)N)cc1Br. The van der Waals surface area contributed by atoms with Crippen molar-refractivity contribution in [3.05, 3.63) is 28.2 Å². The van der Waals surface area contributed by atoms with E-state index in [0.717, 1.165) is 15.8 Å². The molecule has 0 atom stereocenters. The summed E-state index contributed by atoms with van der Waals surface area (Å²) in [6.45, 7) is 0. The van der Waals surface area contributed by atoms with Gasteiger partial charge in [-0.3, -0.25) is 0 Å². The fourth-order valence-electron chi connectivity index (χ4n) is 0.925. The predicted molar refractivity (Wildman–Crippen MR) is 64.1 cm³/mol. The van der Waals surface area contributed by atoms with Gasteiger partial charge in [-0.15, -0.1) is 5.10 Å². The van der Waals surface area contributed by atoms with Crippen molar-refractivity contribution in [1.82, 2.24) is 0 Å². The van der Waals surface area contributed by atoms with E-state index in [-0.39, 0.29) is 5.96 Å². The molecule has 0 unspecified atom stereocenters. The minimum Gasteiger partial charge on any atom is -0.496 e. The van der Waals surface area contributed by atoms with Gasteiger partial charge in [0.25, 0.3) is 0 Å². The number of hydrogen-bond acceptors (Lipinski definition) is 3. The maximum Gasteiger partial charge on any atom is 0.211 e. The van der Waals surface area contributed by atoms with Gasteiger partial charge < -0.3 is 16.2 Å². The molecule has 0 bridgehead atoms. The number of rotatable bonds is 3. The highest BCUT2D eigenvalue weighted by Gasteiger charge is 1.98. The van der Waals surface area contributed by atoms with Crippen molar-refractivity contribution < 1.29 is 4.74 Å². The molecule has 1 rings (SSSR count). The molecule has 0 heterocycles. The molecule has 4 N–H and O–H groups in total. The maximum absolute atomic E-state index is 5.12. The summed E-state index contributed by atoms with van der Waals surface area (Å²) in [5.41, 5.74) is 11.1. The highest BCUT2D eigenvalue weighted by Crippen LogP contribution is 2.24. The number of ether oxygens (including phenoxy) is 1. The van der Waals surface area contributed by atoms with Crippen LogP contribution in [-0.2, 0) is 0 Å². The van der Waals surface area contributed by atoms with Gasteiger partial charge in [-0.25, -0.2) is 0 Å². The molecular weight excluding hydrogens is 260 g/mol. The summed E-state index contributed by atoms with van der Waals surface area (Å²) in [5, 5.41) is 7.18. The molecule has 5 nitrogen and oxygen atoms in total. The van der Waals surface area contributed by atoms with Crippen molar-refractivity contribution >= 4 is 28.1 Å². The third kappa shape index (κ3) is 3.59. The van der Waals surface area contributed by atoms with Crippen LogP contribution in [0.3, 0.4) is 0 Å². The van der Waals surface area contributed by atoms with E-state index in [1.165, 1.54) is 0 Å². The number of methoxy groups -OCH3 is 1. The van der Waals surface area contributed by atoms with Crippen LogP contribution in [0.15, 0.2) is 32.9 Å². The van der Waals surface area contributed by atoms with Crippen LogP contribution in [0.1, 0.15) is 5.56 Å². The van der Waals surface area contributed by atoms with E-state index >= 15 is 0 Å². The van der Waals surface area contributed by atoms with Gasteiger partial charge >= 0.3 is 0 Å². The van der Waals surface area contributed by atoms with E-state index in [1.54, 1.807) is 13.3 Å². The van der Waals surface area contributed by atoms with Crippen LogP contribution in [0.2, 0.25) is 0 Å². The number of guanidine groups is 1. The van der Waals surface area contributed by atoms with Gasteiger partial charge in [-0.2, -0.15) is 5.10 Å². The Morgan fingerprint density at radius 1 is 1.47 bits per heavy atom. The Hall–Kier alpha value is -1.56. The fraction of sp³-hybridized carbons (Fsp3) is 0.111. The van der Waals surface area contributed by atoms with Crippen molar-refractivity contribution in [3.8, 4) is 5.75 Å². The van der Waals surface area contributed by atoms with E-state index in [4.69, 9.17) is 16.2 Å². The van der Waals surface area contributed by atoms with Gasteiger partial charge in [-0.1, -0.05) is 0 Å². The van der Waals surface area contributed by atoms with E-state index in [0.29, 0.717) is 0 Å². The molecule has 0 fully saturated rings. The van der Waals surface area contributed by atoms with Gasteiger partial charge in [0, 0.05) is 0 Å². The lowest BCUT2D eigenvalue weighted by Gasteiger charge is -2.02. The molecule has 1 aromatic rings. The standard InChI is InChI=1S/C9H11BrN4O/c1-15-8-3-2-6(4-7(8)10)5-13-14-9(11)12/h2-5H,1H3,(H4,11,12,14). The summed E-state index contributed by atoms with van der Waals surface area (Å²) >= 11 is 3.36. The van der Waals surface area contributed by atoms with E-state index in [1.807, 2.05) is 18.2 Å². The summed E-state index contributed by atoms with van der Waals surface area (Å²) in [7, 11) is 1.60. The van der Waals surface area contributed by atoms with Gasteiger partial charge in [0.15, 0.2) is 0 Å². The van der Waals surface area contributed by atoms with E-state index < -0.39 is 0 Å². The Balaban J connectivity index is 2.84. The Morgan fingerprint density at radius 2 is 2.20 bits per heavy atom. The van der Waals surface area contributed by atoms with Gasteiger partial charge in [0.2, 0.25) is 5.96 Å². The lowest BCUT2D eigenvalue weighted by molar-refractivity contribution is 0.412. The van der Waals surface area contributed by atoms with Crippen LogP contribution in [-0.4, -0.2) is 19.3 Å². The molecule has 6 heteroatoms. The Labute approximate surface area is 95.9 Å². The van der Waals surface area contributed by atoms with Crippen LogP contribution in [0.25, 0.3) is 0 Å². The molecule has 15 heavy (non-hydrogen) atoms. The maximum atomic E-state index is 5.12. The first kappa shape index (κ1) is 11.5. The van der Waals surface area contributed by atoms with Crippen molar-refractivity contribution in [2.24, 2.45) is 21.7 Å². The largest absolute Gasteiger partial charge is 0.496 e. The molecule has 0 aliphatic heterocycles. The Bertz CT molecular complexity index is 399. The molecule has 0 spiro atoms. The summed E-state index contributed by atoms with van der Waals surface area (Å²) < 4.78 is 5.93. The third-order valence-electron chi connectivity index (χ3n) is 1.56.